The summed E-state index contributed by atoms with van der Waals surface area (Å²) in [6.45, 7) is 6.30. The van der Waals surface area contributed by atoms with Crippen LogP contribution >= 0.6 is 27.3 Å². The van der Waals surface area contributed by atoms with Crippen molar-refractivity contribution in [1.82, 2.24) is 4.98 Å². The van der Waals surface area contributed by atoms with Gasteiger partial charge in [-0.3, -0.25) is 10.1 Å². The Balaban J connectivity index is 1.66. The number of hydrogen-bond donors (Lipinski definition) is 1. The molecule has 0 aliphatic heterocycles. The first-order chi connectivity index (χ1) is 13.5. The number of nitrogens with zero attached hydrogens (tertiary/aromatic N) is 1. The Bertz CT molecular complexity index is 951. The normalized spacial score (nSPS) is 10.9. The highest BCUT2D eigenvalue weighted by atomic mass is 79.9. The molecule has 0 radical (unpaired) electrons. The molecule has 0 spiro atoms. The SMILES string of the molecule is CCc1sc(NC(=O)COc2cccc(C(C)C)c2)nc1-c1ccc(Br)cc1. The zero-order valence-electron chi connectivity index (χ0n) is 16.2. The quantitative estimate of drug-likeness (QED) is 0.453. The van der Waals surface area contributed by atoms with Crippen LogP contribution in [0.4, 0.5) is 5.13 Å². The summed E-state index contributed by atoms with van der Waals surface area (Å²) in [6, 6.07) is 15.9. The van der Waals surface area contributed by atoms with Crippen LogP contribution < -0.4 is 10.1 Å². The number of ether oxygens (including phenoxy) is 1. The maximum Gasteiger partial charge on any atom is 0.264 e. The average molecular weight is 459 g/mol. The van der Waals surface area contributed by atoms with Gasteiger partial charge >= 0.3 is 0 Å². The Morgan fingerprint density at radius 2 is 1.96 bits per heavy atom. The highest BCUT2D eigenvalue weighted by molar-refractivity contribution is 9.10. The van der Waals surface area contributed by atoms with E-state index in [1.165, 1.54) is 16.9 Å². The van der Waals surface area contributed by atoms with E-state index in [0.717, 1.165) is 27.0 Å². The second-order valence-corrected chi connectivity index (χ2v) is 8.71. The number of halogens is 1. The van der Waals surface area contributed by atoms with Crippen molar-refractivity contribution in [2.75, 3.05) is 11.9 Å². The maximum absolute atomic E-state index is 12.3. The summed E-state index contributed by atoms with van der Waals surface area (Å²) in [5.74, 6) is 0.899. The molecule has 3 aromatic rings. The number of carbonyl (C=O) groups excluding carboxylic acids is 1. The number of anilines is 1. The highest BCUT2D eigenvalue weighted by Gasteiger charge is 2.14. The van der Waals surface area contributed by atoms with Gasteiger partial charge in [-0.2, -0.15) is 0 Å². The molecule has 3 rings (SSSR count). The number of aryl methyl sites for hydroxylation is 1. The molecule has 1 aromatic heterocycles. The molecular formula is C22H23BrN2O2S. The molecule has 0 atom stereocenters. The fourth-order valence-electron chi connectivity index (χ4n) is 2.75. The Morgan fingerprint density at radius 1 is 1.21 bits per heavy atom. The predicted molar refractivity (Wildman–Crippen MR) is 119 cm³/mol. The van der Waals surface area contributed by atoms with E-state index < -0.39 is 0 Å². The molecule has 0 aliphatic rings. The molecule has 6 heteroatoms. The van der Waals surface area contributed by atoms with Crippen molar-refractivity contribution in [3.8, 4) is 17.0 Å². The molecule has 0 fully saturated rings. The third-order valence-electron chi connectivity index (χ3n) is 4.28. The molecule has 0 bridgehead atoms. The van der Waals surface area contributed by atoms with Crippen molar-refractivity contribution in [3.05, 3.63) is 63.4 Å². The van der Waals surface area contributed by atoms with Gasteiger partial charge in [0.05, 0.1) is 5.69 Å². The number of rotatable bonds is 7. The van der Waals surface area contributed by atoms with Crippen LogP contribution in [-0.4, -0.2) is 17.5 Å². The second kappa shape index (κ2) is 9.34. The fourth-order valence-corrected chi connectivity index (χ4v) is 3.95. The maximum atomic E-state index is 12.3. The summed E-state index contributed by atoms with van der Waals surface area (Å²) in [7, 11) is 0. The van der Waals surface area contributed by atoms with Crippen LogP contribution in [0.25, 0.3) is 11.3 Å². The summed E-state index contributed by atoms with van der Waals surface area (Å²) in [5, 5.41) is 3.46. The Labute approximate surface area is 178 Å². The van der Waals surface area contributed by atoms with E-state index in [9.17, 15) is 4.79 Å². The second-order valence-electron chi connectivity index (χ2n) is 6.72. The van der Waals surface area contributed by atoms with Gasteiger partial charge in [0, 0.05) is 14.9 Å². The monoisotopic (exact) mass is 458 g/mol. The van der Waals surface area contributed by atoms with Crippen LogP contribution in [0.15, 0.2) is 53.0 Å². The van der Waals surface area contributed by atoms with Crippen LogP contribution in [0.1, 0.15) is 37.1 Å². The lowest BCUT2D eigenvalue weighted by molar-refractivity contribution is -0.118. The summed E-state index contributed by atoms with van der Waals surface area (Å²) in [6.07, 6.45) is 0.859. The largest absolute Gasteiger partial charge is 0.484 e. The number of carbonyl (C=O) groups is 1. The molecule has 4 nitrogen and oxygen atoms in total. The zero-order chi connectivity index (χ0) is 20.1. The average Bonchev–Trinajstić information content (AvgIpc) is 3.10. The minimum Gasteiger partial charge on any atom is -0.484 e. The van der Waals surface area contributed by atoms with Crippen molar-refractivity contribution in [2.45, 2.75) is 33.1 Å². The van der Waals surface area contributed by atoms with Crippen LogP contribution in [0, 0.1) is 0 Å². The van der Waals surface area contributed by atoms with Gasteiger partial charge in [0.15, 0.2) is 11.7 Å². The Hall–Kier alpha value is -2.18. The van der Waals surface area contributed by atoms with E-state index in [0.29, 0.717) is 16.8 Å². The Morgan fingerprint density at radius 3 is 2.64 bits per heavy atom. The highest BCUT2D eigenvalue weighted by Crippen LogP contribution is 2.32. The fraction of sp³-hybridized carbons (Fsp3) is 0.273. The number of amides is 1. The number of nitrogens with one attached hydrogen (secondary N) is 1. The van der Waals surface area contributed by atoms with Gasteiger partial charge in [0.2, 0.25) is 0 Å². The topological polar surface area (TPSA) is 51.2 Å². The van der Waals surface area contributed by atoms with Crippen LogP contribution in [0.3, 0.4) is 0 Å². The first kappa shape index (κ1) is 20.6. The smallest absolute Gasteiger partial charge is 0.264 e. The lowest BCUT2D eigenvalue weighted by Crippen LogP contribution is -2.20. The molecule has 0 unspecified atom stereocenters. The minimum atomic E-state index is -0.214. The molecule has 1 amide bonds. The predicted octanol–water partition coefficient (Wildman–Crippen LogP) is 6.28. The molecule has 1 N–H and O–H groups in total. The van der Waals surface area contributed by atoms with Gasteiger partial charge < -0.3 is 4.74 Å². The van der Waals surface area contributed by atoms with E-state index in [-0.39, 0.29) is 12.5 Å². The summed E-state index contributed by atoms with van der Waals surface area (Å²) in [4.78, 5) is 18.1. The van der Waals surface area contributed by atoms with Gasteiger partial charge in [-0.05, 0) is 42.2 Å². The molecule has 0 saturated heterocycles. The molecule has 28 heavy (non-hydrogen) atoms. The molecule has 0 aliphatic carbocycles. The third-order valence-corrected chi connectivity index (χ3v) is 5.92. The van der Waals surface area contributed by atoms with Crippen molar-refractivity contribution < 1.29 is 9.53 Å². The summed E-state index contributed by atoms with van der Waals surface area (Å²) < 4.78 is 6.68. The standard InChI is InChI=1S/C22H23BrN2O2S/c1-4-19-21(15-8-10-17(23)11-9-15)25-22(28-19)24-20(26)13-27-18-7-5-6-16(12-18)14(2)3/h5-12,14H,4,13H2,1-3H3,(H,24,25,26). The van der Waals surface area contributed by atoms with E-state index in [1.54, 1.807) is 0 Å². The summed E-state index contributed by atoms with van der Waals surface area (Å²) in [5.41, 5.74) is 3.14. The van der Waals surface area contributed by atoms with Crippen molar-refractivity contribution in [1.29, 1.82) is 0 Å². The lowest BCUT2D eigenvalue weighted by Gasteiger charge is -2.09. The van der Waals surface area contributed by atoms with E-state index in [4.69, 9.17) is 4.74 Å². The molecular weight excluding hydrogens is 436 g/mol. The molecule has 146 valence electrons. The Kier molecular flexibility index (Phi) is 6.86. The van der Waals surface area contributed by atoms with Gasteiger partial charge in [-0.25, -0.2) is 4.98 Å². The van der Waals surface area contributed by atoms with E-state index in [2.05, 4.69) is 53.1 Å². The van der Waals surface area contributed by atoms with Crippen molar-refractivity contribution in [3.63, 3.8) is 0 Å². The zero-order valence-corrected chi connectivity index (χ0v) is 18.6. The molecule has 2 aromatic carbocycles. The van der Waals surface area contributed by atoms with Gasteiger partial charge in [-0.15, -0.1) is 11.3 Å². The summed E-state index contributed by atoms with van der Waals surface area (Å²) >= 11 is 4.96. The van der Waals surface area contributed by atoms with Gasteiger partial charge in [-0.1, -0.05) is 61.0 Å². The number of benzene rings is 2. The lowest BCUT2D eigenvalue weighted by atomic mass is 10.0. The molecule has 0 saturated carbocycles. The van der Waals surface area contributed by atoms with Crippen LogP contribution in [0.5, 0.6) is 5.75 Å². The third kappa shape index (κ3) is 5.20. The van der Waals surface area contributed by atoms with E-state index in [1.807, 2.05) is 42.5 Å². The number of aromatic nitrogens is 1. The number of thiazole rings is 1. The molecule has 1 heterocycles. The minimum absolute atomic E-state index is 0.0454. The first-order valence-corrected chi connectivity index (χ1v) is 10.9. The van der Waals surface area contributed by atoms with Crippen molar-refractivity contribution in [2.24, 2.45) is 0 Å². The van der Waals surface area contributed by atoms with Gasteiger partial charge in [0.25, 0.3) is 5.91 Å². The van der Waals surface area contributed by atoms with Crippen LogP contribution in [-0.2, 0) is 11.2 Å². The van der Waals surface area contributed by atoms with Crippen LogP contribution in [0.2, 0.25) is 0 Å². The number of hydrogen-bond acceptors (Lipinski definition) is 4. The van der Waals surface area contributed by atoms with Crippen molar-refractivity contribution >= 4 is 38.3 Å². The van der Waals surface area contributed by atoms with E-state index >= 15 is 0 Å². The van der Waals surface area contributed by atoms with Gasteiger partial charge in [0.1, 0.15) is 5.75 Å². The first-order valence-electron chi connectivity index (χ1n) is 9.24.